The molecule has 0 unspecified atom stereocenters. The van der Waals surface area contributed by atoms with Gasteiger partial charge in [-0.05, 0) is 79.4 Å². The second-order valence-corrected chi connectivity index (χ2v) is 15.5. The zero-order valence-electron chi connectivity index (χ0n) is 30.1. The van der Waals surface area contributed by atoms with Crippen molar-refractivity contribution in [2.45, 2.75) is 69.0 Å². The highest BCUT2D eigenvalue weighted by molar-refractivity contribution is 7.92. The van der Waals surface area contributed by atoms with Crippen LogP contribution in [0, 0.1) is 0 Å². The fourth-order valence-electron chi connectivity index (χ4n) is 6.44. The number of ether oxygens (including phenoxy) is 3. The monoisotopic (exact) mass is 781 g/mol. The van der Waals surface area contributed by atoms with Crippen LogP contribution in [-0.2, 0) is 32.6 Å². The second kappa shape index (κ2) is 18.5. The highest BCUT2D eigenvalue weighted by atomic mass is 35.5. The van der Waals surface area contributed by atoms with Crippen molar-refractivity contribution in [1.82, 2.24) is 10.2 Å². The minimum Gasteiger partial charge on any atom is -0.494 e. The van der Waals surface area contributed by atoms with Crippen LogP contribution in [0.5, 0.6) is 17.2 Å². The Labute approximate surface area is 322 Å². The Morgan fingerprint density at radius 3 is 2.17 bits per heavy atom. The summed E-state index contributed by atoms with van der Waals surface area (Å²) in [6.07, 6.45) is 5.01. The number of halogens is 2. The number of nitrogens with one attached hydrogen (secondary N) is 1. The maximum Gasteiger partial charge on any atom is 0.264 e. The van der Waals surface area contributed by atoms with Gasteiger partial charge in [-0.2, -0.15) is 0 Å². The molecule has 4 aromatic rings. The minimum absolute atomic E-state index is 0.0257. The number of rotatable bonds is 16. The second-order valence-electron chi connectivity index (χ2n) is 12.8. The molecule has 1 aliphatic rings. The average Bonchev–Trinajstić information content (AvgIpc) is 3.17. The van der Waals surface area contributed by atoms with E-state index in [2.05, 4.69) is 5.32 Å². The summed E-state index contributed by atoms with van der Waals surface area (Å²) in [6.45, 7) is 1.59. The van der Waals surface area contributed by atoms with E-state index in [1.807, 2.05) is 37.3 Å². The van der Waals surface area contributed by atoms with Gasteiger partial charge in [-0.25, -0.2) is 8.42 Å². The zero-order valence-corrected chi connectivity index (χ0v) is 32.4. The summed E-state index contributed by atoms with van der Waals surface area (Å²) >= 11 is 12.7. The zero-order chi connectivity index (χ0) is 38.0. The lowest BCUT2D eigenvalue weighted by Crippen LogP contribution is -2.55. The number of amides is 2. The molecule has 2 amide bonds. The first kappa shape index (κ1) is 39.8. The Bertz CT molecular complexity index is 1960. The minimum atomic E-state index is -4.41. The normalized spacial score (nSPS) is 13.8. The first-order chi connectivity index (χ1) is 25.5. The van der Waals surface area contributed by atoms with Gasteiger partial charge in [0.25, 0.3) is 10.0 Å². The molecule has 4 aromatic carbocycles. The van der Waals surface area contributed by atoms with E-state index in [1.165, 1.54) is 37.3 Å². The maximum atomic E-state index is 14.9. The molecule has 0 aliphatic heterocycles. The topological polar surface area (TPSA) is 114 Å². The summed E-state index contributed by atoms with van der Waals surface area (Å²) in [6, 6.07) is 24.1. The van der Waals surface area contributed by atoms with Crippen molar-refractivity contribution in [1.29, 1.82) is 0 Å². The first-order valence-electron chi connectivity index (χ1n) is 17.6. The number of methoxy groups -OCH3 is 2. The van der Waals surface area contributed by atoms with E-state index in [-0.39, 0.29) is 46.3 Å². The number of anilines is 1. The molecule has 0 heterocycles. The standard InChI is InChI=1S/C40H45Cl2N3O7S/c1-4-52-32-18-16-31(17-19-32)45(53(48,49)33-20-22-37(50-2)38(25-33)51-3)27-39(46)44(26-29-15-21-34(41)35(42)23-29)36(24-28-11-7-5-8-12-28)40(47)43-30-13-9-6-10-14-30/h5,7-8,11-12,15-23,25,30,36H,4,6,9-10,13-14,24,26-27H2,1-3H3,(H,43,47)/t36-/m0/s1. The van der Waals surface area contributed by atoms with Gasteiger partial charge in [0.1, 0.15) is 18.3 Å². The number of carbonyl (C=O) groups is 2. The number of sulfonamides is 1. The molecule has 13 heteroatoms. The van der Waals surface area contributed by atoms with Crippen LogP contribution in [0.4, 0.5) is 5.69 Å². The van der Waals surface area contributed by atoms with E-state index in [1.54, 1.807) is 42.5 Å². The van der Waals surface area contributed by atoms with Gasteiger partial charge < -0.3 is 24.4 Å². The lowest BCUT2D eigenvalue weighted by atomic mass is 9.94. The van der Waals surface area contributed by atoms with Gasteiger partial charge >= 0.3 is 0 Å². The van der Waals surface area contributed by atoms with E-state index in [9.17, 15) is 18.0 Å². The van der Waals surface area contributed by atoms with Gasteiger partial charge in [0.05, 0.1) is 41.5 Å². The molecular formula is C40H45Cl2N3O7S. The summed E-state index contributed by atoms with van der Waals surface area (Å²) in [5.74, 6) is 0.165. The van der Waals surface area contributed by atoms with Crippen molar-refractivity contribution < 1.29 is 32.2 Å². The Hall–Kier alpha value is -4.45. The van der Waals surface area contributed by atoms with Crippen LogP contribution in [0.15, 0.2) is 95.9 Å². The molecule has 0 radical (unpaired) electrons. The quantitative estimate of drug-likeness (QED) is 0.124. The molecule has 0 spiro atoms. The van der Waals surface area contributed by atoms with E-state index >= 15 is 0 Å². The smallest absolute Gasteiger partial charge is 0.264 e. The van der Waals surface area contributed by atoms with Gasteiger partial charge in [-0.1, -0.05) is 78.9 Å². The summed E-state index contributed by atoms with van der Waals surface area (Å²) in [5, 5.41) is 3.84. The molecule has 0 aromatic heterocycles. The van der Waals surface area contributed by atoms with Crippen LogP contribution in [-0.4, -0.2) is 64.6 Å². The molecule has 1 saturated carbocycles. The summed E-state index contributed by atoms with van der Waals surface area (Å²) in [7, 11) is -1.54. The number of hydrogen-bond acceptors (Lipinski definition) is 7. The third-order valence-electron chi connectivity index (χ3n) is 9.22. The summed E-state index contributed by atoms with van der Waals surface area (Å²) < 4.78 is 46.6. The Kier molecular flexibility index (Phi) is 13.9. The fourth-order valence-corrected chi connectivity index (χ4v) is 8.19. The van der Waals surface area contributed by atoms with Gasteiger partial charge in [0.15, 0.2) is 11.5 Å². The van der Waals surface area contributed by atoms with Gasteiger partial charge in [0.2, 0.25) is 11.8 Å². The van der Waals surface area contributed by atoms with Crippen molar-refractivity contribution in [2.75, 3.05) is 31.7 Å². The Morgan fingerprint density at radius 2 is 1.53 bits per heavy atom. The molecule has 1 fully saturated rings. The average molecular weight is 783 g/mol. The van der Waals surface area contributed by atoms with Crippen LogP contribution in [0.1, 0.15) is 50.2 Å². The highest BCUT2D eigenvalue weighted by Gasteiger charge is 2.36. The predicted molar refractivity (Wildman–Crippen MR) is 208 cm³/mol. The first-order valence-corrected chi connectivity index (χ1v) is 19.8. The van der Waals surface area contributed by atoms with Gasteiger partial charge in [0, 0.05) is 25.1 Å². The molecule has 1 atom stereocenters. The third kappa shape index (κ3) is 10.2. The number of nitrogens with zero attached hydrogens (tertiary/aromatic N) is 2. The SMILES string of the molecule is CCOc1ccc(N(CC(=O)N(Cc2ccc(Cl)c(Cl)c2)[C@@H](Cc2ccccc2)C(=O)NC2CCCCC2)S(=O)(=O)c2ccc(OC)c(OC)c2)cc1. The largest absolute Gasteiger partial charge is 0.494 e. The molecule has 5 rings (SSSR count). The predicted octanol–water partition coefficient (Wildman–Crippen LogP) is 7.69. The molecular weight excluding hydrogens is 737 g/mol. The third-order valence-corrected chi connectivity index (χ3v) is 11.7. The molecule has 1 aliphatic carbocycles. The van der Waals surface area contributed by atoms with Crippen LogP contribution in [0.3, 0.4) is 0 Å². The number of carbonyl (C=O) groups excluding carboxylic acids is 2. The maximum absolute atomic E-state index is 14.9. The van der Waals surface area contributed by atoms with Crippen LogP contribution >= 0.6 is 23.2 Å². The Balaban J connectivity index is 1.60. The van der Waals surface area contributed by atoms with Crippen molar-refractivity contribution >= 4 is 50.7 Å². The lowest BCUT2D eigenvalue weighted by molar-refractivity contribution is -0.140. The van der Waals surface area contributed by atoms with E-state index in [0.29, 0.717) is 28.7 Å². The van der Waals surface area contributed by atoms with E-state index in [0.717, 1.165) is 42.0 Å². The summed E-state index contributed by atoms with van der Waals surface area (Å²) in [5.41, 5.74) is 1.67. The van der Waals surface area contributed by atoms with Crippen molar-refractivity contribution in [3.63, 3.8) is 0 Å². The van der Waals surface area contributed by atoms with Crippen molar-refractivity contribution in [3.05, 3.63) is 112 Å². The highest BCUT2D eigenvalue weighted by Crippen LogP contribution is 2.33. The van der Waals surface area contributed by atoms with Gasteiger partial charge in [-0.15, -0.1) is 0 Å². The Morgan fingerprint density at radius 1 is 0.830 bits per heavy atom. The number of benzene rings is 4. The fraction of sp³-hybridized carbons (Fsp3) is 0.350. The molecule has 53 heavy (non-hydrogen) atoms. The van der Waals surface area contributed by atoms with Crippen molar-refractivity contribution in [3.8, 4) is 17.2 Å². The van der Waals surface area contributed by atoms with Crippen molar-refractivity contribution in [2.24, 2.45) is 0 Å². The van der Waals surface area contributed by atoms with E-state index in [4.69, 9.17) is 37.4 Å². The van der Waals surface area contributed by atoms with Crippen LogP contribution < -0.4 is 23.8 Å². The van der Waals surface area contributed by atoms with Crippen LogP contribution in [0.2, 0.25) is 10.0 Å². The summed E-state index contributed by atoms with van der Waals surface area (Å²) in [4.78, 5) is 30.6. The molecule has 0 saturated heterocycles. The van der Waals surface area contributed by atoms with Crippen LogP contribution in [0.25, 0.3) is 0 Å². The van der Waals surface area contributed by atoms with Gasteiger partial charge in [-0.3, -0.25) is 13.9 Å². The lowest BCUT2D eigenvalue weighted by Gasteiger charge is -2.35. The molecule has 282 valence electrons. The molecule has 0 bridgehead atoms. The number of hydrogen-bond donors (Lipinski definition) is 1. The molecule has 1 N–H and O–H groups in total. The van der Waals surface area contributed by atoms with E-state index < -0.39 is 28.5 Å². The molecule has 10 nitrogen and oxygen atoms in total.